The molecule has 0 saturated heterocycles. The number of halogens is 2. The van der Waals surface area contributed by atoms with Gasteiger partial charge in [-0.15, -0.1) is 0 Å². The van der Waals surface area contributed by atoms with E-state index >= 15 is 0 Å². The van der Waals surface area contributed by atoms with E-state index in [2.05, 4.69) is 35.1 Å². The summed E-state index contributed by atoms with van der Waals surface area (Å²) in [6.07, 6.45) is 4.96. The van der Waals surface area contributed by atoms with Crippen LogP contribution in [0.4, 0.5) is 4.39 Å². The van der Waals surface area contributed by atoms with Crippen LogP contribution in [0.2, 0.25) is 0 Å². The molecule has 0 fully saturated rings. The van der Waals surface area contributed by atoms with Crippen molar-refractivity contribution >= 4 is 15.9 Å². The molecule has 108 valence electrons. The quantitative estimate of drug-likeness (QED) is 0.668. The third-order valence-corrected chi connectivity index (χ3v) is 4.17. The van der Waals surface area contributed by atoms with Gasteiger partial charge in [0.15, 0.2) is 0 Å². The minimum absolute atomic E-state index is 0.0492. The first-order valence-corrected chi connectivity index (χ1v) is 8.06. The fourth-order valence-corrected chi connectivity index (χ4v) is 2.62. The van der Waals surface area contributed by atoms with E-state index < -0.39 is 0 Å². The lowest BCUT2D eigenvalue weighted by molar-refractivity contribution is 0.394. The van der Waals surface area contributed by atoms with Crippen LogP contribution in [0, 0.1) is 11.7 Å². The van der Waals surface area contributed by atoms with E-state index in [1.54, 1.807) is 6.07 Å². The first kappa shape index (κ1) is 16.6. The molecule has 0 saturated carbocycles. The van der Waals surface area contributed by atoms with Gasteiger partial charge in [-0.3, -0.25) is 0 Å². The maximum atomic E-state index is 13.8. The van der Waals surface area contributed by atoms with Crippen LogP contribution in [0.5, 0.6) is 0 Å². The number of rotatable bonds is 8. The molecule has 0 aliphatic rings. The van der Waals surface area contributed by atoms with Crippen molar-refractivity contribution in [1.82, 2.24) is 5.32 Å². The minimum Gasteiger partial charge on any atom is -0.310 e. The summed E-state index contributed by atoms with van der Waals surface area (Å²) in [5.74, 6) is 0.558. The number of unbranched alkanes of at least 4 members (excludes halogenated alkanes) is 1. The minimum atomic E-state index is -0.134. The average Bonchev–Trinajstić information content (AvgIpc) is 2.41. The highest BCUT2D eigenvalue weighted by Crippen LogP contribution is 2.22. The van der Waals surface area contributed by atoms with Crippen LogP contribution >= 0.6 is 15.9 Å². The lowest BCUT2D eigenvalue weighted by Gasteiger charge is -2.20. The molecule has 0 aliphatic carbocycles. The van der Waals surface area contributed by atoms with Gasteiger partial charge >= 0.3 is 0 Å². The second-order valence-electron chi connectivity index (χ2n) is 5.21. The molecule has 3 heteroatoms. The largest absolute Gasteiger partial charge is 0.310 e. The van der Waals surface area contributed by atoms with Crippen molar-refractivity contribution in [1.29, 1.82) is 0 Å². The average molecular weight is 330 g/mol. The fraction of sp³-hybridized carbons (Fsp3) is 0.625. The predicted molar refractivity (Wildman–Crippen MR) is 83.8 cm³/mol. The lowest BCUT2D eigenvalue weighted by Crippen LogP contribution is -2.26. The van der Waals surface area contributed by atoms with E-state index in [1.165, 1.54) is 31.7 Å². The van der Waals surface area contributed by atoms with Crippen LogP contribution in [0.1, 0.15) is 58.1 Å². The molecule has 0 radical (unpaired) electrons. The van der Waals surface area contributed by atoms with Crippen molar-refractivity contribution in [3.8, 4) is 0 Å². The molecule has 1 aromatic carbocycles. The summed E-state index contributed by atoms with van der Waals surface area (Å²) in [4.78, 5) is 0. The molecule has 0 aromatic heterocycles. The molecular weight excluding hydrogens is 305 g/mol. The van der Waals surface area contributed by atoms with Gasteiger partial charge < -0.3 is 5.32 Å². The van der Waals surface area contributed by atoms with Crippen molar-refractivity contribution in [2.75, 3.05) is 6.54 Å². The summed E-state index contributed by atoms with van der Waals surface area (Å²) in [5, 5.41) is 3.47. The van der Waals surface area contributed by atoms with Gasteiger partial charge in [0, 0.05) is 16.1 Å². The lowest BCUT2D eigenvalue weighted by atomic mass is 9.98. The van der Waals surface area contributed by atoms with Gasteiger partial charge in [0.1, 0.15) is 5.82 Å². The molecule has 0 spiro atoms. The molecule has 2 atom stereocenters. The van der Waals surface area contributed by atoms with Gasteiger partial charge in [-0.05, 0) is 44.0 Å². The molecule has 0 amide bonds. The first-order valence-electron chi connectivity index (χ1n) is 7.26. The molecule has 1 aromatic rings. The summed E-state index contributed by atoms with van der Waals surface area (Å²) in [7, 11) is 0. The normalized spacial score (nSPS) is 14.4. The van der Waals surface area contributed by atoms with Crippen LogP contribution in [0.3, 0.4) is 0 Å². The summed E-state index contributed by atoms with van der Waals surface area (Å²) in [6, 6.07) is 5.17. The van der Waals surface area contributed by atoms with E-state index in [9.17, 15) is 4.39 Å². The maximum Gasteiger partial charge on any atom is 0.128 e. The maximum absolute atomic E-state index is 13.8. The summed E-state index contributed by atoms with van der Waals surface area (Å²) >= 11 is 3.40. The van der Waals surface area contributed by atoms with Crippen LogP contribution in [-0.4, -0.2) is 6.54 Å². The first-order chi connectivity index (χ1) is 9.08. The van der Waals surface area contributed by atoms with Crippen LogP contribution in [0.15, 0.2) is 22.7 Å². The summed E-state index contributed by atoms with van der Waals surface area (Å²) in [6.45, 7) is 7.44. The van der Waals surface area contributed by atoms with E-state index in [0.29, 0.717) is 5.92 Å². The van der Waals surface area contributed by atoms with E-state index in [-0.39, 0.29) is 11.9 Å². The Kier molecular flexibility index (Phi) is 7.62. The standard InChI is InChI=1S/C16H25BrFN/c1-4-6-7-13(5-2)11-19-12(3)15-10-14(17)8-9-16(15)18/h8-10,12-13,19H,4-7,11H2,1-3H3. The Hall–Kier alpha value is -0.410. The zero-order valence-corrected chi connectivity index (χ0v) is 13.8. The molecule has 2 unspecified atom stereocenters. The molecular formula is C16H25BrFN. The topological polar surface area (TPSA) is 12.0 Å². The highest BCUT2D eigenvalue weighted by molar-refractivity contribution is 9.10. The summed E-state index contributed by atoms with van der Waals surface area (Å²) in [5.41, 5.74) is 0.736. The van der Waals surface area contributed by atoms with Crippen molar-refractivity contribution in [3.63, 3.8) is 0 Å². The Bertz CT molecular complexity index is 381. The third-order valence-electron chi connectivity index (χ3n) is 3.68. The highest BCUT2D eigenvalue weighted by atomic mass is 79.9. The Morgan fingerprint density at radius 1 is 1.32 bits per heavy atom. The number of hydrogen-bond donors (Lipinski definition) is 1. The molecule has 0 aliphatic heterocycles. The van der Waals surface area contributed by atoms with Gasteiger partial charge in [0.2, 0.25) is 0 Å². The highest BCUT2D eigenvalue weighted by Gasteiger charge is 2.13. The zero-order valence-electron chi connectivity index (χ0n) is 12.2. The second kappa shape index (κ2) is 8.70. The third kappa shape index (κ3) is 5.62. The molecule has 19 heavy (non-hydrogen) atoms. The smallest absolute Gasteiger partial charge is 0.128 e. The SMILES string of the molecule is CCCCC(CC)CNC(C)c1cc(Br)ccc1F. The van der Waals surface area contributed by atoms with Crippen LogP contribution in [-0.2, 0) is 0 Å². The summed E-state index contributed by atoms with van der Waals surface area (Å²) < 4.78 is 14.7. The number of benzene rings is 1. The van der Waals surface area contributed by atoms with Crippen molar-refractivity contribution in [2.24, 2.45) is 5.92 Å². The molecule has 1 rings (SSSR count). The Morgan fingerprint density at radius 3 is 2.68 bits per heavy atom. The molecule has 1 nitrogen and oxygen atoms in total. The van der Waals surface area contributed by atoms with E-state index in [0.717, 1.165) is 16.6 Å². The van der Waals surface area contributed by atoms with E-state index in [4.69, 9.17) is 0 Å². The Labute approximate surface area is 125 Å². The number of hydrogen-bond acceptors (Lipinski definition) is 1. The van der Waals surface area contributed by atoms with Crippen LogP contribution < -0.4 is 5.32 Å². The van der Waals surface area contributed by atoms with Crippen molar-refractivity contribution in [3.05, 3.63) is 34.1 Å². The second-order valence-corrected chi connectivity index (χ2v) is 6.13. The van der Waals surface area contributed by atoms with Gasteiger partial charge in [-0.2, -0.15) is 0 Å². The van der Waals surface area contributed by atoms with E-state index in [1.807, 2.05) is 13.0 Å². The zero-order chi connectivity index (χ0) is 14.3. The fourth-order valence-electron chi connectivity index (χ4n) is 2.24. The van der Waals surface area contributed by atoms with Gasteiger partial charge in [-0.25, -0.2) is 4.39 Å². The Balaban J connectivity index is 2.54. The van der Waals surface area contributed by atoms with Crippen molar-refractivity contribution in [2.45, 2.75) is 52.5 Å². The monoisotopic (exact) mass is 329 g/mol. The molecule has 0 heterocycles. The van der Waals surface area contributed by atoms with Crippen molar-refractivity contribution < 1.29 is 4.39 Å². The number of nitrogens with one attached hydrogen (secondary N) is 1. The van der Waals surface area contributed by atoms with Gasteiger partial charge in [0.25, 0.3) is 0 Å². The molecule has 0 bridgehead atoms. The predicted octanol–water partition coefficient (Wildman–Crippen LogP) is 5.46. The van der Waals surface area contributed by atoms with Gasteiger partial charge in [-0.1, -0.05) is 49.0 Å². The van der Waals surface area contributed by atoms with Crippen LogP contribution in [0.25, 0.3) is 0 Å². The molecule has 1 N–H and O–H groups in total. The van der Waals surface area contributed by atoms with Gasteiger partial charge in [0.05, 0.1) is 0 Å². The Morgan fingerprint density at radius 2 is 2.05 bits per heavy atom.